The number of hydrogen-bond acceptors (Lipinski definition) is 10. The van der Waals surface area contributed by atoms with Gasteiger partial charge in [0.25, 0.3) is 0 Å². The van der Waals surface area contributed by atoms with E-state index in [1.165, 1.54) is 0 Å². The van der Waals surface area contributed by atoms with Crippen molar-refractivity contribution in [1.82, 2.24) is 0 Å². The molecule has 520 valence electrons. The van der Waals surface area contributed by atoms with Gasteiger partial charge in [0.1, 0.15) is 23.0 Å². The number of nitrogens with zero attached hydrogens (tertiary/aromatic N) is 2. The van der Waals surface area contributed by atoms with Gasteiger partial charge in [-0.05, 0) is 217 Å². The molecule has 0 aliphatic carbocycles. The quantitative estimate of drug-likeness (QED) is 0.107. The van der Waals surface area contributed by atoms with Crippen LogP contribution >= 0.6 is 272 Å². The highest BCUT2D eigenvalue weighted by atomic mass is 79.9. The predicted octanol–water partition coefficient (Wildman–Crippen LogP) is 36.2. The van der Waals surface area contributed by atoms with Crippen molar-refractivity contribution in [3.63, 3.8) is 0 Å². The normalized spacial score (nSPS) is 13.9. The van der Waals surface area contributed by atoms with Gasteiger partial charge < -0.3 is 38.8 Å². The van der Waals surface area contributed by atoms with Crippen LogP contribution in [-0.4, -0.2) is 0 Å². The number of anilines is 8. The van der Waals surface area contributed by atoms with E-state index in [4.69, 9.17) is 23.7 Å². The van der Waals surface area contributed by atoms with Gasteiger partial charge in [0.15, 0.2) is 34.5 Å². The van der Waals surface area contributed by atoms with Gasteiger partial charge in [-0.15, -0.1) is 125 Å². The third-order valence-electron chi connectivity index (χ3n) is 14.4. The SMILES string of the molecule is Brc1ccc2c(c1)Oc1cc(Br)ccc1S2.C.PPP(P)P(P(P(P)P)P(P)P)P(P(P(P)P)P(P)P)P(P(P)P)P(P)P.c1ccc2c(c1)Nc1ccccc1O2.c1ccc2c(c1)Oc1ccccc1N2c1ccc2c(c1)Oc1cc(N3c4ccccc4Oc4ccccc43)ccc1S2. The zero-order valence-electron chi connectivity index (χ0n) is 51.7. The fraction of sp³-hybridized carbons (Fsp3) is 0.0164. The molecule has 0 radical (unpaired) electrons. The van der Waals surface area contributed by atoms with Crippen LogP contribution in [0.25, 0.3) is 0 Å². The molecular weight excluding hydrogens is 1910 g/mol. The minimum atomic E-state index is -0.0251. The van der Waals surface area contributed by atoms with Crippen LogP contribution in [0.3, 0.4) is 0 Å². The lowest BCUT2D eigenvalue weighted by molar-refractivity contribution is 0.453. The van der Waals surface area contributed by atoms with E-state index in [0.29, 0.717) is 0 Å². The molecule has 15 rings (SSSR count). The van der Waals surface area contributed by atoms with Crippen LogP contribution in [0.15, 0.2) is 247 Å². The zero-order chi connectivity index (χ0) is 69.8. The smallest absolute Gasteiger partial charge is 0.151 e. The fourth-order valence-electron chi connectivity index (χ4n) is 10.3. The van der Waals surface area contributed by atoms with E-state index in [0.717, 1.165) is 139 Å². The predicted molar refractivity (Wildman–Crippen MR) is 529 cm³/mol. The van der Waals surface area contributed by atoms with Crippen molar-refractivity contribution in [3.8, 4) is 57.5 Å². The molecule has 17 unspecified atom stereocenters. The Labute approximate surface area is 661 Å². The number of para-hydroxylation sites is 12. The Morgan fingerprint density at radius 2 is 0.580 bits per heavy atom. The number of nitrogens with one attached hydrogen (secondary N) is 1. The molecule has 39 heteroatoms. The number of benzene rings is 10. The second-order valence-corrected chi connectivity index (χ2v) is 131. The Hall–Kier alpha value is 3.87. The van der Waals surface area contributed by atoms with Crippen molar-refractivity contribution < 1.29 is 23.7 Å². The molecule has 10 aromatic rings. The van der Waals surface area contributed by atoms with E-state index >= 15 is 0 Å². The largest absolute Gasteiger partial charge is 0.455 e. The number of rotatable bonds is 14. The molecule has 0 bridgehead atoms. The van der Waals surface area contributed by atoms with Crippen LogP contribution < -0.4 is 38.8 Å². The Bertz CT molecular complexity index is 4120. The molecule has 0 saturated carbocycles. The lowest BCUT2D eigenvalue weighted by Gasteiger charge is -2.50. The molecule has 0 fully saturated rings. The summed E-state index contributed by atoms with van der Waals surface area (Å²) in [7, 11) is 46.6. The standard InChI is InChI=1S/C36H22N2O3S.C12H6Br2OS.C12H9NO.CH4.H29P27/c1-5-13-29-25(9-1)37(26-10-2-6-14-30(26)39-29)23-17-19-35-33(21-23)41-34-22-24(18-20-36(34)42-35)38-27-11-3-7-15-31(27)40-32-16-8-4-12-28(32)38;13-7-1-3-11-9(5-7)15-10-6-8(14)2-4-12(10)16-11;1-3-7-11-9(5-1)13-10-6-2-4-8-12(10)14-11;;1-15-22(14)26(23(16(2)3)17(4)5)27(24(18(6)7)19(8)9)25(20(10)11)21(12)13/h1-22H;1-6H;1-8,13H;1H4;15H,1-14H2. The zero-order valence-corrected chi connectivity index (χ0v) is 84.4. The minimum absolute atomic E-state index is 0. The lowest BCUT2D eigenvalue weighted by Crippen LogP contribution is -2.16. The van der Waals surface area contributed by atoms with Crippen molar-refractivity contribution in [3.05, 3.63) is 227 Å². The highest BCUT2D eigenvalue weighted by molar-refractivity contribution is 9.42. The summed E-state index contributed by atoms with van der Waals surface area (Å²) in [6.07, 6.45) is 0. The van der Waals surface area contributed by atoms with Crippen LogP contribution in [-0.2, 0) is 0 Å². The molecule has 5 aliphatic heterocycles. The van der Waals surface area contributed by atoms with E-state index in [2.05, 4.69) is 245 Å². The third-order valence-corrected chi connectivity index (χ3v) is 194. The molecular formula is C61H70Br2N3O5P27S2. The second kappa shape index (κ2) is 40.2. The Balaban J connectivity index is 0.000000148. The first kappa shape index (κ1) is 84.8. The van der Waals surface area contributed by atoms with Gasteiger partial charge in [0.2, 0.25) is 0 Å². The van der Waals surface area contributed by atoms with Crippen LogP contribution in [0, 0.1) is 0 Å². The first-order valence-electron chi connectivity index (χ1n) is 29.1. The van der Waals surface area contributed by atoms with Crippen LogP contribution in [0.2, 0.25) is 0 Å². The number of halogens is 2. The van der Waals surface area contributed by atoms with Crippen LogP contribution in [0.5, 0.6) is 57.5 Å². The van der Waals surface area contributed by atoms with E-state index in [9.17, 15) is 0 Å². The van der Waals surface area contributed by atoms with Crippen molar-refractivity contribution in [2.45, 2.75) is 27.0 Å². The van der Waals surface area contributed by atoms with Gasteiger partial charge in [-0.3, -0.25) is 0 Å². The van der Waals surface area contributed by atoms with Gasteiger partial charge in [-0.25, -0.2) is 0 Å². The Morgan fingerprint density at radius 1 is 0.310 bits per heavy atom. The highest BCUT2D eigenvalue weighted by Crippen LogP contribution is 3.36. The summed E-state index contributed by atoms with van der Waals surface area (Å²) in [6.45, 7) is 0.359. The second-order valence-electron chi connectivity index (χ2n) is 20.9. The lowest BCUT2D eigenvalue weighted by atomic mass is 10.1. The molecule has 100 heavy (non-hydrogen) atoms. The molecule has 10 aromatic carbocycles. The van der Waals surface area contributed by atoms with Gasteiger partial charge in [0, 0.05) is 21.1 Å². The van der Waals surface area contributed by atoms with Gasteiger partial charge in [0.05, 0.1) is 65.1 Å². The van der Waals surface area contributed by atoms with Crippen molar-refractivity contribution >= 4 is 318 Å². The maximum Gasteiger partial charge on any atom is 0.151 e. The molecule has 0 saturated heterocycles. The fourth-order valence-corrected chi connectivity index (χ4v) is 357. The first-order valence-corrected chi connectivity index (χ1v) is 80.8. The number of fused-ring (bicyclic) bond motifs is 10. The molecule has 5 aliphatic rings. The molecule has 5 heterocycles. The molecule has 17 atom stereocenters. The van der Waals surface area contributed by atoms with Crippen LogP contribution in [0.1, 0.15) is 7.43 Å². The summed E-state index contributed by atoms with van der Waals surface area (Å²) in [5.74, 6) is 8.52. The maximum atomic E-state index is 6.66. The molecule has 1 N–H and O–H groups in total. The summed E-state index contributed by atoms with van der Waals surface area (Å²) in [4.78, 5) is 8.93. The highest BCUT2D eigenvalue weighted by Gasteiger charge is 2.48. The van der Waals surface area contributed by atoms with Crippen molar-refractivity contribution in [2.24, 2.45) is 0 Å². The first-order chi connectivity index (χ1) is 47.7. The topological polar surface area (TPSA) is 64.7 Å². The summed E-state index contributed by atoms with van der Waals surface area (Å²) in [6, 6.07) is 73.3. The maximum absolute atomic E-state index is 6.66. The summed E-state index contributed by atoms with van der Waals surface area (Å²) < 4.78 is 32.7. The van der Waals surface area contributed by atoms with Crippen LogP contribution in [0.4, 0.5) is 45.5 Å². The molecule has 0 aromatic heterocycles. The van der Waals surface area contributed by atoms with Gasteiger partial charge in [-0.2, -0.15) is 0 Å². The van der Waals surface area contributed by atoms with Crippen molar-refractivity contribution in [2.75, 3.05) is 15.1 Å². The molecule has 0 spiro atoms. The van der Waals surface area contributed by atoms with Crippen molar-refractivity contribution in [1.29, 1.82) is 0 Å². The average Bonchev–Trinajstić information content (AvgIpc) is 0.760. The summed E-state index contributed by atoms with van der Waals surface area (Å²) >= 11 is 10.4. The van der Waals surface area contributed by atoms with E-state index in [1.807, 2.05) is 146 Å². The number of ether oxygens (including phenoxy) is 5. The Kier molecular flexibility index (Phi) is 34.1. The monoisotopic (exact) mass is 1980 g/mol. The third kappa shape index (κ3) is 20.7. The summed E-state index contributed by atoms with van der Waals surface area (Å²) in [5, 5.41) is 3.32. The molecule has 8 nitrogen and oxygen atoms in total. The Morgan fingerprint density at radius 3 is 0.910 bits per heavy atom. The average molecular weight is 1990 g/mol. The number of hydrogen-bond donors (Lipinski definition) is 1. The summed E-state index contributed by atoms with van der Waals surface area (Å²) in [5.41, 5.74) is 8.02. The minimum Gasteiger partial charge on any atom is -0.455 e. The van der Waals surface area contributed by atoms with E-state index in [-0.39, 0.29) is 91.3 Å². The molecule has 0 amide bonds. The van der Waals surface area contributed by atoms with E-state index in [1.54, 1.807) is 23.5 Å². The van der Waals surface area contributed by atoms with Gasteiger partial charge in [-0.1, -0.05) is 144 Å². The van der Waals surface area contributed by atoms with Gasteiger partial charge >= 0.3 is 0 Å². The van der Waals surface area contributed by atoms with E-state index < -0.39 is 0 Å².